The van der Waals surface area contributed by atoms with E-state index in [9.17, 15) is 0 Å². The molecular formula is C22H20Cl2N2O2. The first-order chi connectivity index (χ1) is 13.7. The molecule has 0 atom stereocenters. The fourth-order valence-electron chi connectivity index (χ4n) is 2.52. The standard InChI is InChI=1S/C22H20Cl2N2O2/c1-27-22-12-17(13-25-26-14-18-4-2-3-5-20(18)24)8-11-21(22)28-15-16-6-9-19(23)10-7-16/h2-13,26H,14-15H2,1H3/b25-13-. The van der Waals surface area contributed by atoms with Gasteiger partial charge >= 0.3 is 0 Å². The number of ether oxygens (including phenoxy) is 2. The van der Waals surface area contributed by atoms with Gasteiger partial charge in [0.1, 0.15) is 6.61 Å². The molecule has 3 rings (SSSR count). The Balaban J connectivity index is 1.59. The highest BCUT2D eigenvalue weighted by atomic mass is 35.5. The molecule has 0 saturated heterocycles. The van der Waals surface area contributed by atoms with Crippen molar-refractivity contribution < 1.29 is 9.47 Å². The van der Waals surface area contributed by atoms with Crippen LogP contribution in [0.1, 0.15) is 16.7 Å². The van der Waals surface area contributed by atoms with Gasteiger partial charge in [-0.1, -0.05) is 53.5 Å². The number of hydrazone groups is 1. The van der Waals surface area contributed by atoms with Crippen LogP contribution in [0.5, 0.6) is 11.5 Å². The Morgan fingerprint density at radius 3 is 2.50 bits per heavy atom. The number of halogens is 2. The van der Waals surface area contributed by atoms with E-state index in [0.717, 1.165) is 16.7 Å². The van der Waals surface area contributed by atoms with Gasteiger partial charge in [-0.05, 0) is 53.1 Å². The maximum absolute atomic E-state index is 6.13. The van der Waals surface area contributed by atoms with Crippen molar-refractivity contribution in [1.82, 2.24) is 5.43 Å². The Hall–Kier alpha value is -2.69. The summed E-state index contributed by atoms with van der Waals surface area (Å²) in [5.41, 5.74) is 5.91. The molecule has 28 heavy (non-hydrogen) atoms. The lowest BCUT2D eigenvalue weighted by atomic mass is 10.2. The van der Waals surface area contributed by atoms with Crippen molar-refractivity contribution in [2.24, 2.45) is 5.10 Å². The molecule has 1 N–H and O–H groups in total. The normalized spacial score (nSPS) is 10.8. The Labute approximate surface area is 174 Å². The third-order valence-electron chi connectivity index (χ3n) is 4.03. The number of nitrogens with one attached hydrogen (secondary N) is 1. The molecule has 3 aromatic rings. The monoisotopic (exact) mass is 414 g/mol. The minimum absolute atomic E-state index is 0.431. The zero-order valence-corrected chi connectivity index (χ0v) is 16.9. The van der Waals surface area contributed by atoms with Crippen molar-refractivity contribution in [2.45, 2.75) is 13.2 Å². The summed E-state index contributed by atoms with van der Waals surface area (Å²) in [4.78, 5) is 0. The van der Waals surface area contributed by atoms with E-state index in [1.54, 1.807) is 13.3 Å². The molecule has 0 heterocycles. The topological polar surface area (TPSA) is 42.8 Å². The highest BCUT2D eigenvalue weighted by Crippen LogP contribution is 2.28. The number of methoxy groups -OCH3 is 1. The van der Waals surface area contributed by atoms with Crippen molar-refractivity contribution in [3.63, 3.8) is 0 Å². The van der Waals surface area contributed by atoms with Gasteiger partial charge < -0.3 is 14.9 Å². The molecule has 3 aromatic carbocycles. The predicted molar refractivity (Wildman–Crippen MR) is 115 cm³/mol. The van der Waals surface area contributed by atoms with Crippen LogP contribution in [0.15, 0.2) is 71.8 Å². The van der Waals surface area contributed by atoms with E-state index in [-0.39, 0.29) is 0 Å². The molecular weight excluding hydrogens is 395 g/mol. The Bertz CT molecular complexity index is 944. The second-order valence-electron chi connectivity index (χ2n) is 6.01. The van der Waals surface area contributed by atoms with E-state index in [4.69, 9.17) is 32.7 Å². The van der Waals surface area contributed by atoms with Gasteiger partial charge in [0.15, 0.2) is 11.5 Å². The van der Waals surface area contributed by atoms with E-state index < -0.39 is 0 Å². The number of benzene rings is 3. The van der Waals surface area contributed by atoms with Crippen molar-refractivity contribution in [1.29, 1.82) is 0 Å². The maximum Gasteiger partial charge on any atom is 0.161 e. The third-order valence-corrected chi connectivity index (χ3v) is 4.65. The van der Waals surface area contributed by atoms with E-state index in [1.165, 1.54) is 0 Å². The summed E-state index contributed by atoms with van der Waals surface area (Å²) in [6, 6.07) is 20.9. The summed E-state index contributed by atoms with van der Waals surface area (Å²) in [5, 5.41) is 5.66. The van der Waals surface area contributed by atoms with E-state index in [2.05, 4.69) is 10.5 Å². The summed E-state index contributed by atoms with van der Waals surface area (Å²) < 4.78 is 11.3. The molecule has 0 aliphatic heterocycles. The molecule has 0 radical (unpaired) electrons. The van der Waals surface area contributed by atoms with Gasteiger partial charge in [0.25, 0.3) is 0 Å². The van der Waals surface area contributed by atoms with Gasteiger partial charge in [0.2, 0.25) is 0 Å². The number of rotatable bonds is 8. The van der Waals surface area contributed by atoms with Crippen molar-refractivity contribution >= 4 is 29.4 Å². The predicted octanol–water partition coefficient (Wildman–Crippen LogP) is 5.70. The first-order valence-electron chi connectivity index (χ1n) is 8.70. The molecule has 6 heteroatoms. The first kappa shape index (κ1) is 20.1. The zero-order valence-electron chi connectivity index (χ0n) is 15.4. The van der Waals surface area contributed by atoms with Crippen LogP contribution >= 0.6 is 23.2 Å². The quantitative estimate of drug-likeness (QED) is 0.379. The van der Waals surface area contributed by atoms with Crippen molar-refractivity contribution in [3.05, 3.63) is 93.5 Å². The van der Waals surface area contributed by atoms with E-state index in [0.29, 0.717) is 34.7 Å². The van der Waals surface area contributed by atoms with Crippen molar-refractivity contribution in [3.8, 4) is 11.5 Å². The number of hydrogen-bond acceptors (Lipinski definition) is 4. The molecule has 0 bridgehead atoms. The molecule has 0 spiro atoms. The van der Waals surface area contributed by atoms with Gasteiger partial charge in [-0.15, -0.1) is 0 Å². The van der Waals surface area contributed by atoms with Crippen LogP contribution in [0.2, 0.25) is 10.0 Å². The molecule has 144 valence electrons. The van der Waals surface area contributed by atoms with Gasteiger partial charge in [-0.3, -0.25) is 0 Å². The van der Waals surface area contributed by atoms with Gasteiger partial charge in [-0.2, -0.15) is 5.10 Å². The average molecular weight is 415 g/mol. The summed E-state index contributed by atoms with van der Waals surface area (Å²) >= 11 is 12.0. The third kappa shape index (κ3) is 5.65. The molecule has 0 aliphatic rings. The molecule has 0 amide bonds. The largest absolute Gasteiger partial charge is 0.493 e. The fraction of sp³-hybridized carbons (Fsp3) is 0.136. The Morgan fingerprint density at radius 2 is 1.75 bits per heavy atom. The molecule has 0 saturated carbocycles. The minimum atomic E-state index is 0.431. The smallest absolute Gasteiger partial charge is 0.161 e. The lowest BCUT2D eigenvalue weighted by Gasteiger charge is -2.11. The Morgan fingerprint density at radius 1 is 0.964 bits per heavy atom. The summed E-state index contributed by atoms with van der Waals surface area (Å²) in [7, 11) is 1.61. The van der Waals surface area contributed by atoms with Crippen LogP contribution in [-0.4, -0.2) is 13.3 Å². The lowest BCUT2D eigenvalue weighted by Crippen LogP contribution is -2.06. The molecule has 0 unspecified atom stereocenters. The van der Waals surface area contributed by atoms with Crippen LogP contribution in [0.3, 0.4) is 0 Å². The van der Waals surface area contributed by atoms with Crippen LogP contribution < -0.4 is 14.9 Å². The second-order valence-corrected chi connectivity index (χ2v) is 6.85. The van der Waals surface area contributed by atoms with E-state index in [1.807, 2.05) is 66.7 Å². The van der Waals surface area contributed by atoms with Crippen LogP contribution in [-0.2, 0) is 13.2 Å². The number of hydrogen-bond donors (Lipinski definition) is 1. The van der Waals surface area contributed by atoms with Crippen LogP contribution in [0.25, 0.3) is 0 Å². The summed E-state index contributed by atoms with van der Waals surface area (Å²) in [6.45, 7) is 0.982. The number of nitrogens with zero attached hydrogens (tertiary/aromatic N) is 1. The second kappa shape index (κ2) is 10.0. The van der Waals surface area contributed by atoms with Crippen molar-refractivity contribution in [2.75, 3.05) is 7.11 Å². The summed E-state index contributed by atoms with van der Waals surface area (Å²) in [6.07, 6.45) is 1.72. The molecule has 0 aromatic heterocycles. The van der Waals surface area contributed by atoms with Crippen LogP contribution in [0.4, 0.5) is 0 Å². The first-order valence-corrected chi connectivity index (χ1v) is 9.46. The SMILES string of the molecule is COc1cc(/C=N\NCc2ccccc2Cl)ccc1OCc1ccc(Cl)cc1. The van der Waals surface area contributed by atoms with Gasteiger partial charge in [-0.25, -0.2) is 0 Å². The minimum Gasteiger partial charge on any atom is -0.493 e. The van der Waals surface area contributed by atoms with Gasteiger partial charge in [0, 0.05) is 10.0 Å². The summed E-state index contributed by atoms with van der Waals surface area (Å²) in [5.74, 6) is 1.31. The molecule has 4 nitrogen and oxygen atoms in total. The fourth-order valence-corrected chi connectivity index (χ4v) is 2.85. The lowest BCUT2D eigenvalue weighted by molar-refractivity contribution is 0.284. The molecule has 0 aliphatic carbocycles. The highest BCUT2D eigenvalue weighted by molar-refractivity contribution is 6.31. The zero-order chi connectivity index (χ0) is 19.8. The van der Waals surface area contributed by atoms with Crippen LogP contribution in [0, 0.1) is 0 Å². The molecule has 0 fully saturated rings. The average Bonchev–Trinajstić information content (AvgIpc) is 2.72. The highest BCUT2D eigenvalue weighted by Gasteiger charge is 2.06. The van der Waals surface area contributed by atoms with Gasteiger partial charge in [0.05, 0.1) is 19.9 Å². The Kier molecular flexibility index (Phi) is 7.18. The maximum atomic E-state index is 6.13. The van der Waals surface area contributed by atoms with E-state index >= 15 is 0 Å².